The smallest absolute Gasteiger partial charge is 0.0390 e. The summed E-state index contributed by atoms with van der Waals surface area (Å²) in [7, 11) is 0. The number of benzene rings is 2. The van der Waals surface area contributed by atoms with Gasteiger partial charge in [0.15, 0.2) is 0 Å². The van der Waals surface area contributed by atoms with E-state index in [1.54, 1.807) is 11.8 Å². The molecule has 0 aliphatic rings. The molecular formula is C18H22BrNS. The Morgan fingerprint density at radius 1 is 1.10 bits per heavy atom. The molecule has 0 saturated heterocycles. The molecule has 0 bridgehead atoms. The molecule has 2 rings (SSSR count). The third-order valence-corrected chi connectivity index (χ3v) is 5.42. The minimum absolute atomic E-state index is 0.0641. The summed E-state index contributed by atoms with van der Waals surface area (Å²) in [6.45, 7) is 4.49. The van der Waals surface area contributed by atoms with E-state index in [1.807, 2.05) is 6.07 Å². The first-order chi connectivity index (χ1) is 10.1. The van der Waals surface area contributed by atoms with Crippen molar-refractivity contribution in [3.8, 4) is 0 Å². The van der Waals surface area contributed by atoms with Crippen LogP contribution in [0, 0.1) is 5.92 Å². The Kier molecular flexibility index (Phi) is 6.34. The minimum Gasteiger partial charge on any atom is -0.323 e. The van der Waals surface area contributed by atoms with Gasteiger partial charge in [0.25, 0.3) is 0 Å². The van der Waals surface area contributed by atoms with Gasteiger partial charge in [-0.25, -0.2) is 0 Å². The topological polar surface area (TPSA) is 26.0 Å². The molecule has 0 amide bonds. The highest BCUT2D eigenvalue weighted by molar-refractivity contribution is 9.10. The van der Waals surface area contributed by atoms with E-state index in [0.29, 0.717) is 5.92 Å². The van der Waals surface area contributed by atoms with Crippen molar-refractivity contribution in [1.82, 2.24) is 0 Å². The number of hydrogen-bond acceptors (Lipinski definition) is 2. The van der Waals surface area contributed by atoms with Crippen LogP contribution in [0.25, 0.3) is 0 Å². The second kappa shape index (κ2) is 8.02. The molecule has 1 unspecified atom stereocenters. The normalized spacial score (nSPS) is 12.6. The molecule has 21 heavy (non-hydrogen) atoms. The number of hydrogen-bond donors (Lipinski definition) is 1. The number of nitrogens with two attached hydrogens (primary N) is 1. The van der Waals surface area contributed by atoms with Crippen LogP contribution in [0.1, 0.15) is 31.0 Å². The van der Waals surface area contributed by atoms with Crippen LogP contribution in [0.3, 0.4) is 0 Å². The fraction of sp³-hybridized carbons (Fsp3) is 0.333. The van der Waals surface area contributed by atoms with Crippen molar-refractivity contribution in [3.63, 3.8) is 0 Å². The SMILES string of the molecule is CC(C)Cc1cccc(C(N)CSc2ccccc2Br)c1. The average Bonchev–Trinajstić information content (AvgIpc) is 2.45. The summed E-state index contributed by atoms with van der Waals surface area (Å²) in [5, 5.41) is 0. The maximum atomic E-state index is 6.36. The van der Waals surface area contributed by atoms with Gasteiger partial charge in [0, 0.05) is 21.2 Å². The number of halogens is 1. The Bertz CT molecular complexity index is 583. The molecule has 0 radical (unpaired) electrons. The molecule has 0 spiro atoms. The highest BCUT2D eigenvalue weighted by Gasteiger charge is 2.09. The number of rotatable bonds is 6. The summed E-state index contributed by atoms with van der Waals surface area (Å²) in [4.78, 5) is 1.24. The summed E-state index contributed by atoms with van der Waals surface area (Å²) in [6.07, 6.45) is 1.11. The molecule has 0 aliphatic carbocycles. The third kappa shape index (κ3) is 5.17. The van der Waals surface area contributed by atoms with Crippen molar-refractivity contribution in [3.05, 3.63) is 64.1 Å². The first-order valence-corrected chi connectivity index (χ1v) is 9.06. The monoisotopic (exact) mass is 363 g/mol. The van der Waals surface area contributed by atoms with Crippen LogP contribution >= 0.6 is 27.7 Å². The lowest BCUT2D eigenvalue weighted by Gasteiger charge is -2.14. The van der Waals surface area contributed by atoms with E-state index in [9.17, 15) is 0 Å². The van der Waals surface area contributed by atoms with E-state index in [0.717, 1.165) is 16.6 Å². The van der Waals surface area contributed by atoms with Crippen molar-refractivity contribution in [1.29, 1.82) is 0 Å². The van der Waals surface area contributed by atoms with Crippen LogP contribution in [0.15, 0.2) is 57.9 Å². The van der Waals surface area contributed by atoms with E-state index in [4.69, 9.17) is 5.73 Å². The van der Waals surface area contributed by atoms with Crippen molar-refractivity contribution < 1.29 is 0 Å². The van der Waals surface area contributed by atoms with Gasteiger partial charge in [-0.3, -0.25) is 0 Å². The van der Waals surface area contributed by atoms with Crippen LogP contribution in [-0.2, 0) is 6.42 Å². The zero-order chi connectivity index (χ0) is 15.2. The Labute approximate surface area is 140 Å². The molecule has 1 nitrogen and oxygen atoms in total. The molecule has 0 aromatic heterocycles. The molecule has 3 heteroatoms. The average molecular weight is 364 g/mol. The summed E-state index contributed by atoms with van der Waals surface area (Å²) in [6, 6.07) is 17.0. The largest absolute Gasteiger partial charge is 0.323 e. The van der Waals surface area contributed by atoms with Crippen LogP contribution in [0.2, 0.25) is 0 Å². The van der Waals surface area contributed by atoms with Gasteiger partial charge in [-0.1, -0.05) is 50.2 Å². The van der Waals surface area contributed by atoms with Gasteiger partial charge in [0.05, 0.1) is 0 Å². The lowest BCUT2D eigenvalue weighted by molar-refractivity contribution is 0.646. The Morgan fingerprint density at radius 2 is 1.86 bits per heavy atom. The molecule has 0 aliphatic heterocycles. The summed E-state index contributed by atoms with van der Waals surface area (Å²) < 4.78 is 1.13. The molecule has 1 atom stereocenters. The molecule has 2 N–H and O–H groups in total. The lowest BCUT2D eigenvalue weighted by atomic mass is 9.99. The zero-order valence-corrected chi connectivity index (χ0v) is 15.0. The predicted octanol–water partition coefficient (Wildman–Crippen LogP) is 5.44. The van der Waals surface area contributed by atoms with Gasteiger partial charge >= 0.3 is 0 Å². The van der Waals surface area contributed by atoms with Crippen LogP contribution < -0.4 is 5.73 Å². The van der Waals surface area contributed by atoms with Crippen molar-refractivity contribution >= 4 is 27.7 Å². The Morgan fingerprint density at radius 3 is 2.57 bits per heavy atom. The molecule has 0 saturated carbocycles. The maximum Gasteiger partial charge on any atom is 0.0390 e. The molecule has 112 valence electrons. The summed E-state index contributed by atoms with van der Waals surface area (Å²) in [5.74, 6) is 1.56. The molecule has 0 fully saturated rings. The van der Waals surface area contributed by atoms with E-state index in [1.165, 1.54) is 16.0 Å². The van der Waals surface area contributed by atoms with E-state index >= 15 is 0 Å². The maximum absolute atomic E-state index is 6.36. The lowest BCUT2D eigenvalue weighted by Crippen LogP contribution is -2.13. The Hall–Kier alpha value is -0.770. The molecule has 2 aromatic rings. The highest BCUT2D eigenvalue weighted by atomic mass is 79.9. The Balaban J connectivity index is 2.00. The second-order valence-corrected chi connectivity index (χ2v) is 7.61. The first-order valence-electron chi connectivity index (χ1n) is 7.28. The standard InChI is InChI=1S/C18H22BrNS/c1-13(2)10-14-6-5-7-15(11-14)17(20)12-21-18-9-4-3-8-16(18)19/h3-9,11,13,17H,10,12,20H2,1-2H3. The predicted molar refractivity (Wildman–Crippen MR) is 96.8 cm³/mol. The molecular weight excluding hydrogens is 342 g/mol. The van der Waals surface area contributed by atoms with E-state index in [2.05, 4.69) is 72.2 Å². The van der Waals surface area contributed by atoms with Crippen molar-refractivity contribution in [2.45, 2.75) is 31.2 Å². The van der Waals surface area contributed by atoms with Crippen LogP contribution in [0.4, 0.5) is 0 Å². The van der Waals surface area contributed by atoms with Gasteiger partial charge < -0.3 is 5.73 Å². The quantitative estimate of drug-likeness (QED) is 0.691. The van der Waals surface area contributed by atoms with Crippen LogP contribution in [0.5, 0.6) is 0 Å². The summed E-state index contributed by atoms with van der Waals surface area (Å²) in [5.41, 5.74) is 8.96. The third-order valence-electron chi connectivity index (χ3n) is 3.28. The molecule has 0 heterocycles. The first kappa shape index (κ1) is 16.6. The van der Waals surface area contributed by atoms with Gasteiger partial charge in [-0.05, 0) is 51.5 Å². The van der Waals surface area contributed by atoms with Gasteiger partial charge in [-0.15, -0.1) is 11.8 Å². The van der Waals surface area contributed by atoms with E-state index in [-0.39, 0.29) is 6.04 Å². The van der Waals surface area contributed by atoms with Crippen LogP contribution in [-0.4, -0.2) is 5.75 Å². The fourth-order valence-electron chi connectivity index (χ4n) is 2.26. The van der Waals surface area contributed by atoms with Gasteiger partial charge in [0.2, 0.25) is 0 Å². The van der Waals surface area contributed by atoms with Gasteiger partial charge in [-0.2, -0.15) is 0 Å². The minimum atomic E-state index is 0.0641. The summed E-state index contributed by atoms with van der Waals surface area (Å²) >= 11 is 5.38. The van der Waals surface area contributed by atoms with Crippen molar-refractivity contribution in [2.75, 3.05) is 5.75 Å². The zero-order valence-electron chi connectivity index (χ0n) is 12.6. The van der Waals surface area contributed by atoms with Crippen molar-refractivity contribution in [2.24, 2.45) is 11.7 Å². The highest BCUT2D eigenvalue weighted by Crippen LogP contribution is 2.30. The van der Waals surface area contributed by atoms with E-state index < -0.39 is 0 Å². The van der Waals surface area contributed by atoms with Gasteiger partial charge in [0.1, 0.15) is 0 Å². The molecule has 2 aromatic carbocycles. The second-order valence-electron chi connectivity index (χ2n) is 5.69. The fourth-order valence-corrected chi connectivity index (χ4v) is 3.82. The number of thioether (sulfide) groups is 1.